The number of hydrogen-bond acceptors (Lipinski definition) is 3. The van der Waals surface area contributed by atoms with Crippen LogP contribution in [0.4, 0.5) is 0 Å². The highest BCUT2D eigenvalue weighted by molar-refractivity contribution is 5.93. The first kappa shape index (κ1) is 13.7. The van der Waals surface area contributed by atoms with Crippen LogP contribution in [0.3, 0.4) is 0 Å². The zero-order valence-electron chi connectivity index (χ0n) is 10.9. The predicted octanol–water partition coefficient (Wildman–Crippen LogP) is 1.83. The molecule has 0 saturated heterocycles. The third-order valence-electron chi connectivity index (χ3n) is 3.21. The van der Waals surface area contributed by atoms with E-state index in [1.54, 1.807) is 0 Å². The summed E-state index contributed by atoms with van der Waals surface area (Å²) in [6, 6.07) is 9.71. The van der Waals surface area contributed by atoms with Crippen molar-refractivity contribution in [3.8, 4) is 0 Å². The van der Waals surface area contributed by atoms with Crippen molar-refractivity contribution in [3.63, 3.8) is 0 Å². The number of hydrogen-bond donors (Lipinski definition) is 1. The van der Waals surface area contributed by atoms with E-state index in [4.69, 9.17) is 4.74 Å². The van der Waals surface area contributed by atoms with E-state index >= 15 is 0 Å². The number of ether oxygens (including phenoxy) is 1. The number of benzene rings is 1. The van der Waals surface area contributed by atoms with E-state index in [2.05, 4.69) is 5.32 Å². The second kappa shape index (κ2) is 7.04. The third-order valence-corrected chi connectivity index (χ3v) is 3.21. The molecule has 0 bridgehead atoms. The lowest BCUT2D eigenvalue weighted by molar-refractivity contribution is -0.132. The first-order chi connectivity index (χ1) is 9.25. The van der Waals surface area contributed by atoms with Gasteiger partial charge >= 0.3 is 0 Å². The molecule has 1 fully saturated rings. The Balaban J connectivity index is 1.52. The smallest absolute Gasteiger partial charge is 0.220 e. The van der Waals surface area contributed by atoms with Crippen LogP contribution in [0.15, 0.2) is 30.3 Å². The lowest BCUT2D eigenvalue weighted by Gasteiger charge is -2.24. The number of amides is 1. The number of carbonyl (C=O) groups excluding carboxylic acids is 2. The molecule has 0 aliphatic heterocycles. The molecule has 1 aromatic carbocycles. The molecule has 1 N–H and O–H groups in total. The van der Waals surface area contributed by atoms with Gasteiger partial charge in [-0.05, 0) is 18.4 Å². The van der Waals surface area contributed by atoms with Crippen LogP contribution in [0.2, 0.25) is 0 Å². The van der Waals surface area contributed by atoms with Gasteiger partial charge in [-0.1, -0.05) is 30.3 Å². The molecule has 1 aliphatic rings. The summed E-state index contributed by atoms with van der Waals surface area (Å²) in [6.07, 6.45) is 2.48. The molecular weight excluding hydrogens is 242 g/mol. The summed E-state index contributed by atoms with van der Waals surface area (Å²) in [6.45, 7) is 1.13. The van der Waals surface area contributed by atoms with Gasteiger partial charge in [0.2, 0.25) is 5.91 Å². The van der Waals surface area contributed by atoms with Crippen molar-refractivity contribution in [2.75, 3.05) is 6.61 Å². The summed E-state index contributed by atoms with van der Waals surface area (Å²) in [4.78, 5) is 22.6. The van der Waals surface area contributed by atoms with Crippen LogP contribution in [0.25, 0.3) is 0 Å². The average molecular weight is 261 g/mol. The van der Waals surface area contributed by atoms with Gasteiger partial charge in [-0.3, -0.25) is 9.59 Å². The highest BCUT2D eigenvalue weighted by atomic mass is 16.5. The molecule has 4 nitrogen and oxygen atoms in total. The molecule has 0 radical (unpaired) electrons. The van der Waals surface area contributed by atoms with Crippen molar-refractivity contribution in [1.29, 1.82) is 0 Å². The van der Waals surface area contributed by atoms with Crippen molar-refractivity contribution in [1.82, 2.24) is 5.32 Å². The fourth-order valence-electron chi connectivity index (χ4n) is 1.92. The lowest BCUT2D eigenvalue weighted by atomic mass is 9.91. The topological polar surface area (TPSA) is 55.4 Å². The van der Waals surface area contributed by atoms with Gasteiger partial charge in [0.05, 0.1) is 12.6 Å². The van der Waals surface area contributed by atoms with E-state index in [0.717, 1.165) is 12.0 Å². The largest absolute Gasteiger partial charge is 0.377 e. The third kappa shape index (κ3) is 4.48. The van der Waals surface area contributed by atoms with Crippen LogP contribution in [0.5, 0.6) is 0 Å². The molecule has 19 heavy (non-hydrogen) atoms. The minimum absolute atomic E-state index is 0.0543. The van der Waals surface area contributed by atoms with Gasteiger partial charge in [-0.25, -0.2) is 0 Å². The Morgan fingerprint density at radius 1 is 1.32 bits per heavy atom. The normalized spacial score (nSPS) is 17.9. The second-order valence-corrected chi connectivity index (χ2v) is 4.77. The minimum atomic E-state index is -0.224. The Hall–Kier alpha value is -1.68. The minimum Gasteiger partial charge on any atom is -0.377 e. The van der Waals surface area contributed by atoms with Gasteiger partial charge in [0.25, 0.3) is 0 Å². The Labute approximate surface area is 113 Å². The standard InChI is InChI=1S/C15H19NO3/c17-14-9-8-13(14)16-15(18)7-4-10-19-11-12-5-2-1-3-6-12/h1-3,5-6,13H,4,7-11H2,(H,16,18)/t13-/m1/s1. The Morgan fingerprint density at radius 3 is 2.74 bits per heavy atom. The van der Waals surface area contributed by atoms with Crippen molar-refractivity contribution in [3.05, 3.63) is 35.9 Å². The molecular formula is C15H19NO3. The average Bonchev–Trinajstić information content (AvgIpc) is 2.44. The van der Waals surface area contributed by atoms with Gasteiger partial charge < -0.3 is 10.1 Å². The van der Waals surface area contributed by atoms with Gasteiger partial charge in [0.1, 0.15) is 0 Å². The molecule has 0 heterocycles. The number of carbonyl (C=O) groups is 2. The van der Waals surface area contributed by atoms with Crippen LogP contribution >= 0.6 is 0 Å². The second-order valence-electron chi connectivity index (χ2n) is 4.77. The number of nitrogens with one attached hydrogen (secondary N) is 1. The molecule has 1 amide bonds. The fraction of sp³-hybridized carbons (Fsp3) is 0.467. The van der Waals surface area contributed by atoms with Crippen LogP contribution in [0, 0.1) is 0 Å². The Kier molecular flexibility index (Phi) is 5.10. The molecule has 0 aromatic heterocycles. The first-order valence-corrected chi connectivity index (χ1v) is 6.69. The first-order valence-electron chi connectivity index (χ1n) is 6.69. The van der Waals surface area contributed by atoms with Crippen LogP contribution in [0.1, 0.15) is 31.2 Å². The van der Waals surface area contributed by atoms with Crippen LogP contribution < -0.4 is 5.32 Å². The van der Waals surface area contributed by atoms with E-state index in [-0.39, 0.29) is 17.7 Å². The number of ketones is 1. The van der Waals surface area contributed by atoms with E-state index in [9.17, 15) is 9.59 Å². The van der Waals surface area contributed by atoms with Gasteiger partial charge in [0, 0.05) is 19.4 Å². The molecule has 0 unspecified atom stereocenters. The van der Waals surface area contributed by atoms with Crippen molar-refractivity contribution in [2.45, 2.75) is 38.3 Å². The summed E-state index contributed by atoms with van der Waals surface area (Å²) in [5.74, 6) is 0.0926. The molecule has 4 heteroatoms. The maximum absolute atomic E-state index is 11.5. The highest BCUT2D eigenvalue weighted by Gasteiger charge is 2.28. The maximum atomic E-state index is 11.5. The van der Waals surface area contributed by atoms with Gasteiger partial charge in [0.15, 0.2) is 5.78 Å². The molecule has 1 aromatic rings. The Bertz CT molecular complexity index is 430. The molecule has 1 atom stereocenters. The van der Waals surface area contributed by atoms with Crippen LogP contribution in [-0.4, -0.2) is 24.3 Å². The van der Waals surface area contributed by atoms with E-state index in [1.807, 2.05) is 30.3 Å². The monoisotopic (exact) mass is 261 g/mol. The van der Waals surface area contributed by atoms with E-state index in [1.165, 1.54) is 0 Å². The molecule has 0 spiro atoms. The summed E-state index contributed by atoms with van der Waals surface area (Å²) < 4.78 is 5.49. The maximum Gasteiger partial charge on any atom is 0.220 e. The number of Topliss-reactive ketones (excluding diaryl/α,β-unsaturated/α-hetero) is 1. The quantitative estimate of drug-likeness (QED) is 0.762. The molecule has 1 saturated carbocycles. The van der Waals surface area contributed by atoms with E-state index in [0.29, 0.717) is 32.5 Å². The highest BCUT2D eigenvalue weighted by Crippen LogP contribution is 2.13. The summed E-state index contributed by atoms with van der Waals surface area (Å²) >= 11 is 0. The van der Waals surface area contributed by atoms with Crippen LogP contribution in [-0.2, 0) is 20.9 Å². The lowest BCUT2D eigenvalue weighted by Crippen LogP contribution is -2.47. The predicted molar refractivity (Wildman–Crippen MR) is 71.5 cm³/mol. The summed E-state index contributed by atoms with van der Waals surface area (Å²) in [5.41, 5.74) is 1.13. The van der Waals surface area contributed by atoms with Gasteiger partial charge in [-0.2, -0.15) is 0 Å². The summed E-state index contributed by atoms with van der Waals surface area (Å²) in [5, 5.41) is 2.73. The molecule has 102 valence electrons. The molecule has 1 aliphatic carbocycles. The van der Waals surface area contributed by atoms with Gasteiger partial charge in [-0.15, -0.1) is 0 Å². The van der Waals surface area contributed by atoms with E-state index < -0.39 is 0 Å². The zero-order chi connectivity index (χ0) is 13.5. The molecule has 2 rings (SSSR count). The van der Waals surface area contributed by atoms with Crippen molar-refractivity contribution < 1.29 is 14.3 Å². The zero-order valence-corrected chi connectivity index (χ0v) is 10.9. The SMILES string of the molecule is O=C(CCCOCc1ccccc1)N[C@@H]1CCC1=O. The Morgan fingerprint density at radius 2 is 2.11 bits per heavy atom. The fourth-order valence-corrected chi connectivity index (χ4v) is 1.92. The number of rotatable bonds is 7. The van der Waals surface area contributed by atoms with Crippen molar-refractivity contribution >= 4 is 11.7 Å². The summed E-state index contributed by atoms with van der Waals surface area (Å²) in [7, 11) is 0. The van der Waals surface area contributed by atoms with Crippen molar-refractivity contribution in [2.24, 2.45) is 0 Å².